The van der Waals surface area contributed by atoms with Crippen LogP contribution in [-0.2, 0) is 11.3 Å². The first-order valence-corrected chi connectivity index (χ1v) is 7.69. The molecule has 4 heteroatoms. The molecule has 2 rings (SSSR count). The Kier molecular flexibility index (Phi) is 6.03. The summed E-state index contributed by atoms with van der Waals surface area (Å²) in [7, 11) is 3.73. The molecule has 21 heavy (non-hydrogen) atoms. The van der Waals surface area contributed by atoms with Gasteiger partial charge in [-0.05, 0) is 50.4 Å². The highest BCUT2D eigenvalue weighted by Crippen LogP contribution is 2.34. The van der Waals surface area contributed by atoms with Crippen LogP contribution in [0.2, 0.25) is 0 Å². The Labute approximate surface area is 127 Å². The third-order valence-electron chi connectivity index (χ3n) is 4.21. The summed E-state index contributed by atoms with van der Waals surface area (Å²) in [5, 5.41) is 10.1. The molecule has 118 valence electrons. The van der Waals surface area contributed by atoms with Gasteiger partial charge in [-0.1, -0.05) is 12.1 Å². The van der Waals surface area contributed by atoms with E-state index in [1.54, 1.807) is 7.11 Å². The van der Waals surface area contributed by atoms with Crippen LogP contribution in [0.3, 0.4) is 0 Å². The smallest absolute Gasteiger partial charge is 0.119 e. The molecular formula is C17H27NO3. The van der Waals surface area contributed by atoms with Crippen LogP contribution in [-0.4, -0.2) is 49.5 Å². The van der Waals surface area contributed by atoms with E-state index < -0.39 is 6.10 Å². The van der Waals surface area contributed by atoms with Gasteiger partial charge < -0.3 is 19.5 Å². The second kappa shape index (κ2) is 7.78. The summed E-state index contributed by atoms with van der Waals surface area (Å²) in [4.78, 5) is 2.23. The lowest BCUT2D eigenvalue weighted by Gasteiger charge is -2.26. The van der Waals surface area contributed by atoms with Crippen molar-refractivity contribution in [3.05, 3.63) is 29.8 Å². The van der Waals surface area contributed by atoms with Crippen LogP contribution >= 0.6 is 0 Å². The van der Waals surface area contributed by atoms with E-state index in [4.69, 9.17) is 9.47 Å². The fourth-order valence-corrected chi connectivity index (χ4v) is 2.56. The minimum atomic E-state index is -0.443. The number of ether oxygens (including phenoxy) is 2. The van der Waals surface area contributed by atoms with Gasteiger partial charge in [-0.2, -0.15) is 0 Å². The minimum absolute atomic E-state index is 0.360. The second-order valence-corrected chi connectivity index (χ2v) is 6.04. The third kappa shape index (κ3) is 5.30. The van der Waals surface area contributed by atoms with Crippen LogP contribution in [0.25, 0.3) is 0 Å². The summed E-state index contributed by atoms with van der Waals surface area (Å²) in [6.07, 6.45) is 2.21. The van der Waals surface area contributed by atoms with Gasteiger partial charge in [-0.15, -0.1) is 0 Å². The normalized spacial score (nSPS) is 17.8. The van der Waals surface area contributed by atoms with Gasteiger partial charge in [-0.3, -0.25) is 0 Å². The van der Waals surface area contributed by atoms with Crippen molar-refractivity contribution >= 4 is 0 Å². The molecule has 1 saturated carbocycles. The van der Waals surface area contributed by atoms with Crippen molar-refractivity contribution in [1.82, 2.24) is 4.90 Å². The summed E-state index contributed by atoms with van der Waals surface area (Å²) in [5.74, 6) is 1.65. The Morgan fingerprint density at radius 2 is 2.14 bits per heavy atom. The molecule has 0 spiro atoms. The molecule has 0 heterocycles. The minimum Gasteiger partial charge on any atom is -0.497 e. The van der Waals surface area contributed by atoms with Gasteiger partial charge in [0.15, 0.2) is 0 Å². The lowest BCUT2D eigenvalue weighted by Crippen LogP contribution is -2.38. The van der Waals surface area contributed by atoms with Crippen molar-refractivity contribution in [3.63, 3.8) is 0 Å². The number of methoxy groups -OCH3 is 1. The predicted molar refractivity (Wildman–Crippen MR) is 83.5 cm³/mol. The van der Waals surface area contributed by atoms with E-state index in [-0.39, 0.29) is 0 Å². The first kappa shape index (κ1) is 16.3. The number of aliphatic hydroxyl groups excluding tert-OH is 1. The Hall–Kier alpha value is -1.10. The average molecular weight is 293 g/mol. The number of nitrogens with zero attached hydrogens (tertiary/aromatic N) is 1. The number of hydrogen-bond donors (Lipinski definition) is 1. The molecule has 1 aliphatic carbocycles. The van der Waals surface area contributed by atoms with Gasteiger partial charge in [0, 0.05) is 12.6 Å². The molecule has 2 unspecified atom stereocenters. The summed E-state index contributed by atoms with van der Waals surface area (Å²) in [5.41, 5.74) is 1.06. The molecule has 1 fully saturated rings. The SMILES string of the molecule is COc1cccc(COCC(O)CN(C)C(C)C2CC2)c1. The first-order valence-electron chi connectivity index (χ1n) is 7.69. The molecule has 0 radical (unpaired) electrons. The van der Waals surface area contributed by atoms with E-state index in [0.29, 0.717) is 25.8 Å². The predicted octanol–water partition coefficient (Wildman–Crippen LogP) is 2.30. The van der Waals surface area contributed by atoms with Crippen molar-refractivity contribution < 1.29 is 14.6 Å². The maximum atomic E-state index is 10.1. The third-order valence-corrected chi connectivity index (χ3v) is 4.21. The molecular weight excluding hydrogens is 266 g/mol. The molecule has 2 atom stereocenters. The van der Waals surface area contributed by atoms with E-state index in [9.17, 15) is 5.11 Å². The lowest BCUT2D eigenvalue weighted by molar-refractivity contribution is 0.00728. The number of likely N-dealkylation sites (N-methyl/N-ethyl adjacent to an activating group) is 1. The van der Waals surface area contributed by atoms with Gasteiger partial charge >= 0.3 is 0 Å². The Morgan fingerprint density at radius 3 is 2.81 bits per heavy atom. The summed E-state index contributed by atoms with van der Waals surface area (Å²) < 4.78 is 10.8. The zero-order chi connectivity index (χ0) is 15.2. The molecule has 1 aliphatic rings. The first-order chi connectivity index (χ1) is 10.1. The largest absolute Gasteiger partial charge is 0.497 e. The molecule has 0 aromatic heterocycles. The number of benzene rings is 1. The van der Waals surface area contributed by atoms with Crippen molar-refractivity contribution in [2.45, 2.75) is 38.5 Å². The standard InChI is InChI=1S/C17H27NO3/c1-13(15-7-8-15)18(2)10-16(19)12-21-11-14-5-4-6-17(9-14)20-3/h4-6,9,13,15-16,19H,7-8,10-12H2,1-3H3. The number of hydrogen-bond acceptors (Lipinski definition) is 4. The van der Waals surface area contributed by atoms with E-state index in [0.717, 1.165) is 17.2 Å². The average Bonchev–Trinajstić information content (AvgIpc) is 3.31. The van der Waals surface area contributed by atoms with Crippen LogP contribution in [0.5, 0.6) is 5.75 Å². The molecule has 0 aliphatic heterocycles. The van der Waals surface area contributed by atoms with Crippen molar-refractivity contribution in [2.75, 3.05) is 27.3 Å². The zero-order valence-electron chi connectivity index (χ0n) is 13.3. The molecule has 0 amide bonds. The Bertz CT molecular complexity index is 434. The highest BCUT2D eigenvalue weighted by Gasteiger charge is 2.30. The van der Waals surface area contributed by atoms with Gasteiger partial charge in [0.1, 0.15) is 5.75 Å². The van der Waals surface area contributed by atoms with Gasteiger partial charge in [0.2, 0.25) is 0 Å². The van der Waals surface area contributed by atoms with Crippen LogP contribution in [0.15, 0.2) is 24.3 Å². The molecule has 1 aromatic rings. The maximum Gasteiger partial charge on any atom is 0.119 e. The quantitative estimate of drug-likeness (QED) is 0.758. The Morgan fingerprint density at radius 1 is 1.38 bits per heavy atom. The van der Waals surface area contributed by atoms with Crippen LogP contribution < -0.4 is 4.74 Å². The van der Waals surface area contributed by atoms with Crippen LogP contribution in [0, 0.1) is 5.92 Å². The molecule has 1 N–H and O–H groups in total. The number of aliphatic hydroxyl groups is 1. The molecule has 1 aromatic carbocycles. The highest BCUT2D eigenvalue weighted by molar-refractivity contribution is 5.27. The van der Waals surface area contributed by atoms with E-state index >= 15 is 0 Å². The topological polar surface area (TPSA) is 41.9 Å². The van der Waals surface area contributed by atoms with E-state index in [2.05, 4.69) is 18.9 Å². The maximum absolute atomic E-state index is 10.1. The molecule has 0 saturated heterocycles. The monoisotopic (exact) mass is 293 g/mol. The summed E-state index contributed by atoms with van der Waals surface area (Å²) in [6, 6.07) is 8.35. The lowest BCUT2D eigenvalue weighted by atomic mass is 10.2. The Balaban J connectivity index is 1.67. The van der Waals surface area contributed by atoms with Crippen molar-refractivity contribution in [2.24, 2.45) is 5.92 Å². The zero-order valence-corrected chi connectivity index (χ0v) is 13.3. The van der Waals surface area contributed by atoms with Gasteiger partial charge in [-0.25, -0.2) is 0 Å². The molecule has 4 nitrogen and oxygen atoms in total. The number of rotatable bonds is 9. The van der Waals surface area contributed by atoms with Crippen molar-refractivity contribution in [1.29, 1.82) is 0 Å². The van der Waals surface area contributed by atoms with Crippen LogP contribution in [0.4, 0.5) is 0 Å². The highest BCUT2D eigenvalue weighted by atomic mass is 16.5. The van der Waals surface area contributed by atoms with E-state index in [1.165, 1.54) is 12.8 Å². The van der Waals surface area contributed by atoms with Gasteiger partial charge in [0.05, 0.1) is 26.4 Å². The van der Waals surface area contributed by atoms with Crippen LogP contribution in [0.1, 0.15) is 25.3 Å². The summed E-state index contributed by atoms with van der Waals surface area (Å²) >= 11 is 0. The molecule has 0 bridgehead atoms. The second-order valence-electron chi connectivity index (χ2n) is 6.04. The fourth-order valence-electron chi connectivity index (χ4n) is 2.56. The van der Waals surface area contributed by atoms with Gasteiger partial charge in [0.25, 0.3) is 0 Å². The van der Waals surface area contributed by atoms with Crippen molar-refractivity contribution in [3.8, 4) is 5.75 Å². The van der Waals surface area contributed by atoms with E-state index in [1.807, 2.05) is 24.3 Å². The fraction of sp³-hybridized carbons (Fsp3) is 0.647. The summed E-state index contributed by atoms with van der Waals surface area (Å²) in [6.45, 7) is 3.76.